The van der Waals surface area contributed by atoms with E-state index in [-0.39, 0.29) is 29.7 Å². The van der Waals surface area contributed by atoms with Crippen LogP contribution in [0.1, 0.15) is 69.1 Å². The van der Waals surface area contributed by atoms with E-state index in [2.05, 4.69) is 16.0 Å². The summed E-state index contributed by atoms with van der Waals surface area (Å²) in [5.74, 6) is 4.76. The number of hydrogen-bond acceptors (Lipinski definition) is 9. The van der Waals surface area contributed by atoms with Crippen LogP contribution in [0.15, 0.2) is 4.52 Å². The molecule has 0 N–H and O–H groups in total. The predicted octanol–water partition coefficient (Wildman–Crippen LogP) is 3.64. The number of urea groups is 1. The molecule has 1 saturated carbocycles. The summed E-state index contributed by atoms with van der Waals surface area (Å²) in [6.45, 7) is 2.14. The number of hydrogen-bond donors (Lipinski definition) is 0. The first-order chi connectivity index (χ1) is 20.4. The molecule has 220 valence electrons. The third-order valence-electron chi connectivity index (χ3n) is 9.80. The fourth-order valence-electron chi connectivity index (χ4n) is 7.47. The summed E-state index contributed by atoms with van der Waals surface area (Å²) in [7, 11) is 3.74. The Bertz CT molecular complexity index is 1500. The monoisotopic (exact) mass is 573 g/mol. The molecule has 2 saturated heterocycles. The van der Waals surface area contributed by atoms with E-state index in [0.717, 1.165) is 63.5 Å². The number of carbonyl (C=O) groups is 2. The summed E-state index contributed by atoms with van der Waals surface area (Å²) in [6, 6.07) is -0.223. The molecule has 2 aliphatic carbocycles. The number of aromatic nitrogens is 3. The topological polar surface area (TPSA) is 114 Å². The van der Waals surface area contributed by atoms with Crippen LogP contribution in [0, 0.1) is 18.3 Å². The number of likely N-dealkylation sites (N-methyl/N-ethyl adjacent to an activating group) is 1. The molecule has 3 aliphatic heterocycles. The number of likely N-dealkylation sites (tertiary alicyclic amines) is 1. The van der Waals surface area contributed by atoms with Crippen molar-refractivity contribution in [1.82, 2.24) is 20.0 Å². The molecule has 1 spiro atoms. The number of amides is 2. The van der Waals surface area contributed by atoms with Gasteiger partial charge in [0.1, 0.15) is 5.78 Å². The zero-order valence-corrected chi connectivity index (χ0v) is 24.3. The molecule has 1 unspecified atom stereocenters. The van der Waals surface area contributed by atoms with E-state index >= 15 is 0 Å². The lowest BCUT2D eigenvalue weighted by Gasteiger charge is -2.36. The zero-order valence-electron chi connectivity index (χ0n) is 24.3. The summed E-state index contributed by atoms with van der Waals surface area (Å²) in [5, 5.41) is 4.47. The van der Waals surface area contributed by atoms with Crippen molar-refractivity contribution < 1.29 is 28.2 Å². The molecule has 3 fully saturated rings. The second-order valence-electron chi connectivity index (χ2n) is 12.3. The summed E-state index contributed by atoms with van der Waals surface area (Å²) >= 11 is 0. The minimum atomic E-state index is -0.618. The van der Waals surface area contributed by atoms with Crippen molar-refractivity contribution >= 4 is 29.5 Å². The van der Waals surface area contributed by atoms with Gasteiger partial charge in [-0.25, -0.2) is 9.69 Å². The Hall–Kier alpha value is -3.62. The Morgan fingerprint density at radius 1 is 1.14 bits per heavy atom. The van der Waals surface area contributed by atoms with Gasteiger partial charge in [0.25, 0.3) is 11.7 Å². The molecule has 42 heavy (non-hydrogen) atoms. The van der Waals surface area contributed by atoms with E-state index in [9.17, 15) is 9.59 Å². The number of fused-ring (bicyclic) bond motifs is 3. The molecule has 2 amide bonds. The largest absolute Gasteiger partial charge is 0.457 e. The number of terminal acetylenes is 1. The quantitative estimate of drug-likeness (QED) is 0.391. The van der Waals surface area contributed by atoms with Crippen molar-refractivity contribution in [1.29, 1.82) is 0 Å². The van der Waals surface area contributed by atoms with Crippen molar-refractivity contribution in [3.8, 4) is 29.7 Å². The van der Waals surface area contributed by atoms with E-state index < -0.39 is 11.5 Å². The van der Waals surface area contributed by atoms with Crippen LogP contribution in [0.3, 0.4) is 0 Å². The van der Waals surface area contributed by atoms with E-state index in [1.807, 2.05) is 13.3 Å². The molecule has 5 heterocycles. The molecule has 4 atom stereocenters. The van der Waals surface area contributed by atoms with Gasteiger partial charge in [-0.2, -0.15) is 9.56 Å². The lowest BCUT2D eigenvalue weighted by Crippen LogP contribution is -2.41. The average Bonchev–Trinajstić information content (AvgIpc) is 3.80. The lowest BCUT2D eigenvalue weighted by molar-refractivity contribution is -0.324. The lowest BCUT2D eigenvalue weighted by atomic mass is 9.64. The van der Waals surface area contributed by atoms with Gasteiger partial charge < -0.3 is 14.0 Å². The van der Waals surface area contributed by atoms with E-state index in [1.165, 1.54) is 4.90 Å². The first-order valence-corrected chi connectivity index (χ1v) is 15.2. The highest BCUT2D eigenvalue weighted by Crippen LogP contribution is 2.49. The second-order valence-corrected chi connectivity index (χ2v) is 12.3. The Morgan fingerprint density at radius 2 is 2.00 bits per heavy atom. The molecular formula is C31H37N6O5+. The van der Waals surface area contributed by atoms with Crippen LogP contribution in [0.4, 0.5) is 16.3 Å². The van der Waals surface area contributed by atoms with E-state index in [4.69, 9.17) is 30.4 Å². The van der Waals surface area contributed by atoms with Gasteiger partial charge in [0, 0.05) is 24.5 Å². The van der Waals surface area contributed by atoms with Crippen LogP contribution in [0.5, 0.6) is 5.88 Å². The highest BCUT2D eigenvalue weighted by atomic mass is 16.5. The first kappa shape index (κ1) is 27.2. The molecule has 0 radical (unpaired) electrons. The number of ketones is 1. The Labute approximate surface area is 245 Å². The molecule has 11 nitrogen and oxygen atoms in total. The van der Waals surface area contributed by atoms with Gasteiger partial charge in [-0.1, -0.05) is 22.5 Å². The Morgan fingerprint density at radius 3 is 2.74 bits per heavy atom. The molecule has 0 aromatic carbocycles. The molecule has 2 aromatic rings. The van der Waals surface area contributed by atoms with Gasteiger partial charge in [-0.3, -0.25) is 9.69 Å². The number of nitrogens with zero attached hydrogens (tertiary/aromatic N) is 6. The van der Waals surface area contributed by atoms with Crippen molar-refractivity contribution in [3.05, 3.63) is 11.3 Å². The third-order valence-corrected chi connectivity index (χ3v) is 9.80. The van der Waals surface area contributed by atoms with Gasteiger partial charge >= 0.3 is 11.8 Å². The molecule has 5 aliphatic rings. The van der Waals surface area contributed by atoms with Gasteiger partial charge in [-0.15, -0.1) is 6.42 Å². The Balaban J connectivity index is 1.36. The van der Waals surface area contributed by atoms with Crippen molar-refractivity contribution in [2.75, 3.05) is 38.8 Å². The maximum Gasteiger partial charge on any atom is 0.448 e. The highest BCUT2D eigenvalue weighted by Gasteiger charge is 2.50. The molecule has 11 heteroatoms. The number of ether oxygens (including phenoxy) is 2. The van der Waals surface area contributed by atoms with Gasteiger partial charge in [-0.05, 0) is 65.0 Å². The normalized spacial score (nSPS) is 29.3. The van der Waals surface area contributed by atoms with Crippen LogP contribution in [0.25, 0.3) is 11.5 Å². The van der Waals surface area contributed by atoms with Crippen LogP contribution in [0.2, 0.25) is 0 Å². The average molecular weight is 574 g/mol. The zero-order chi connectivity index (χ0) is 29.0. The number of anilines is 1. The SMILES string of the molecule is C#C[C@H](Oc1nc(-c2noc3c2CCC[C@@]32CCCCC2=O)nc2c1N(C)C(=O)/[N+]2=C\C1CCOC1)[C@@H]1CCCN1C. The van der Waals surface area contributed by atoms with Crippen molar-refractivity contribution in [3.63, 3.8) is 0 Å². The number of carbonyl (C=O) groups excluding carboxylic acids is 2. The fraction of sp³-hybridized carbons (Fsp3) is 0.613. The van der Waals surface area contributed by atoms with Crippen LogP contribution < -0.4 is 9.64 Å². The minimum absolute atomic E-state index is 0.0294. The third kappa shape index (κ3) is 4.26. The first-order valence-electron chi connectivity index (χ1n) is 15.2. The summed E-state index contributed by atoms with van der Waals surface area (Å²) < 4.78 is 19.6. The standard InChI is InChI=1S/C31H37N6O5/c1-4-22(21-10-8-15-35(21)2)41-29-25-28(37(30(39)36(25)3)17-19-12-16-40-18-19)32-27(33-29)24-20-9-7-14-31(26(20)42-34-24)13-6-5-11-23(31)38/h1,17,19,21-22H,5-16,18H2,2-3H3/q+1/b37-17-/t19?,21-,22-,31+/m0/s1. The van der Waals surface area contributed by atoms with E-state index in [0.29, 0.717) is 54.8 Å². The molecule has 7 rings (SSSR count). The maximum absolute atomic E-state index is 13.6. The van der Waals surface area contributed by atoms with Crippen molar-refractivity contribution in [2.45, 2.75) is 81.8 Å². The smallest absolute Gasteiger partial charge is 0.448 e. The van der Waals surface area contributed by atoms with E-state index in [1.54, 1.807) is 11.6 Å². The van der Waals surface area contributed by atoms with Crippen LogP contribution >= 0.6 is 0 Å². The molecular weight excluding hydrogens is 536 g/mol. The molecule has 2 aromatic heterocycles. The highest BCUT2D eigenvalue weighted by molar-refractivity contribution is 5.99. The molecule has 0 bridgehead atoms. The van der Waals surface area contributed by atoms with Crippen molar-refractivity contribution in [2.24, 2.45) is 5.92 Å². The van der Waals surface area contributed by atoms with Crippen LogP contribution in [-0.4, -0.2) is 88.6 Å². The predicted molar refractivity (Wildman–Crippen MR) is 153 cm³/mol. The maximum atomic E-state index is 13.6. The second kappa shape index (κ2) is 10.6. The summed E-state index contributed by atoms with van der Waals surface area (Å²) in [6.07, 6.45) is 15.7. The van der Waals surface area contributed by atoms with Gasteiger partial charge in [0.05, 0.1) is 31.3 Å². The summed E-state index contributed by atoms with van der Waals surface area (Å²) in [5.41, 5.74) is 1.23. The van der Waals surface area contributed by atoms with Gasteiger partial charge in [0.2, 0.25) is 5.69 Å². The Kier molecular flexibility index (Phi) is 6.86. The minimum Gasteiger partial charge on any atom is -0.457 e. The van der Waals surface area contributed by atoms with Crippen LogP contribution in [-0.2, 0) is 21.4 Å². The number of Topliss-reactive ketones (excluding diaryl/α,β-unsaturated/α-hetero) is 1. The summed E-state index contributed by atoms with van der Waals surface area (Å²) in [4.78, 5) is 40.3. The fourth-order valence-corrected chi connectivity index (χ4v) is 7.47. The van der Waals surface area contributed by atoms with Gasteiger partial charge in [0.15, 0.2) is 17.6 Å². The number of rotatable bonds is 5.